The molecule has 0 aliphatic carbocycles. The average molecular weight is 406 g/mol. The van der Waals surface area contributed by atoms with Crippen molar-refractivity contribution in [3.8, 4) is 11.1 Å². The number of carboxylic acids is 1. The lowest BCUT2D eigenvalue weighted by Crippen LogP contribution is -2.08. The molecule has 1 heterocycles. The normalized spacial score (nSPS) is 11.2. The van der Waals surface area contributed by atoms with E-state index in [1.54, 1.807) is 12.1 Å². The summed E-state index contributed by atoms with van der Waals surface area (Å²) in [6.07, 6.45) is 4.95. The summed E-state index contributed by atoms with van der Waals surface area (Å²) in [6, 6.07) is 15.2. The number of aryl methyl sites for hydroxylation is 2. The molecule has 30 heavy (non-hydrogen) atoms. The van der Waals surface area contributed by atoms with Crippen molar-refractivity contribution in [1.82, 2.24) is 14.8 Å². The third-order valence-corrected chi connectivity index (χ3v) is 5.25. The summed E-state index contributed by atoms with van der Waals surface area (Å²) < 4.78 is 2.07. The van der Waals surface area contributed by atoms with Gasteiger partial charge in [0.15, 0.2) is 5.82 Å². The highest BCUT2D eigenvalue weighted by Gasteiger charge is 2.13. The third kappa shape index (κ3) is 5.56. The second-order valence-corrected chi connectivity index (χ2v) is 8.18. The molecule has 0 unspecified atom stereocenters. The quantitative estimate of drug-likeness (QED) is 0.475. The Bertz CT molecular complexity index is 974. The van der Waals surface area contributed by atoms with E-state index in [2.05, 4.69) is 37.6 Å². The van der Waals surface area contributed by atoms with Gasteiger partial charge in [-0.1, -0.05) is 69.7 Å². The van der Waals surface area contributed by atoms with E-state index >= 15 is 0 Å². The Hall–Kier alpha value is -2.95. The minimum Gasteiger partial charge on any atom is -0.478 e. The van der Waals surface area contributed by atoms with Gasteiger partial charge in [0.05, 0.1) is 5.56 Å². The maximum absolute atomic E-state index is 11.5. The van der Waals surface area contributed by atoms with Crippen LogP contribution in [0.15, 0.2) is 48.5 Å². The zero-order valence-electron chi connectivity index (χ0n) is 18.1. The maximum atomic E-state index is 11.5. The first-order valence-electron chi connectivity index (χ1n) is 10.8. The van der Waals surface area contributed by atoms with Crippen LogP contribution in [-0.4, -0.2) is 25.8 Å². The van der Waals surface area contributed by atoms with E-state index in [1.807, 2.05) is 24.3 Å². The number of hydrogen-bond acceptors (Lipinski definition) is 3. The van der Waals surface area contributed by atoms with Crippen molar-refractivity contribution in [3.63, 3.8) is 0 Å². The van der Waals surface area contributed by atoms with Crippen molar-refractivity contribution in [2.75, 3.05) is 0 Å². The minimum atomic E-state index is -0.910. The van der Waals surface area contributed by atoms with Crippen molar-refractivity contribution >= 4 is 5.97 Å². The van der Waals surface area contributed by atoms with Gasteiger partial charge in [0.2, 0.25) is 0 Å². The lowest BCUT2D eigenvalue weighted by Gasteiger charge is -2.09. The first-order valence-corrected chi connectivity index (χ1v) is 10.8. The molecule has 0 fully saturated rings. The molecule has 5 nitrogen and oxygen atoms in total. The molecule has 0 amide bonds. The molecule has 5 heteroatoms. The van der Waals surface area contributed by atoms with Crippen molar-refractivity contribution in [2.24, 2.45) is 5.92 Å². The predicted molar refractivity (Wildman–Crippen MR) is 120 cm³/mol. The highest BCUT2D eigenvalue weighted by molar-refractivity contribution is 5.95. The van der Waals surface area contributed by atoms with Crippen LogP contribution in [0.3, 0.4) is 0 Å². The highest BCUT2D eigenvalue weighted by atomic mass is 16.4. The summed E-state index contributed by atoms with van der Waals surface area (Å²) in [5, 5.41) is 14.2. The molecule has 1 aromatic heterocycles. The zero-order chi connectivity index (χ0) is 21.5. The second-order valence-electron chi connectivity index (χ2n) is 8.18. The summed E-state index contributed by atoms with van der Waals surface area (Å²) in [6.45, 7) is 7.52. The van der Waals surface area contributed by atoms with Gasteiger partial charge in [-0.05, 0) is 41.5 Å². The van der Waals surface area contributed by atoms with Crippen LogP contribution in [0.1, 0.15) is 67.6 Å². The molecule has 0 atom stereocenters. The van der Waals surface area contributed by atoms with Gasteiger partial charge >= 0.3 is 5.97 Å². The van der Waals surface area contributed by atoms with Crippen LogP contribution in [0, 0.1) is 5.92 Å². The van der Waals surface area contributed by atoms with Crippen molar-refractivity contribution in [3.05, 3.63) is 71.3 Å². The van der Waals surface area contributed by atoms with E-state index in [-0.39, 0.29) is 0 Å². The molecule has 0 saturated carbocycles. The van der Waals surface area contributed by atoms with Crippen LogP contribution >= 0.6 is 0 Å². The molecule has 2 aromatic carbocycles. The molecular weight excluding hydrogens is 374 g/mol. The van der Waals surface area contributed by atoms with E-state index in [0.717, 1.165) is 67.0 Å². The summed E-state index contributed by atoms with van der Waals surface area (Å²) in [5.74, 6) is 1.64. The smallest absolute Gasteiger partial charge is 0.336 e. The number of carboxylic acid groups (broad SMARTS) is 1. The first kappa shape index (κ1) is 21.8. The van der Waals surface area contributed by atoms with Gasteiger partial charge in [-0.15, -0.1) is 0 Å². The number of unbranched alkanes of at least 4 members (excludes halogenated alkanes) is 1. The fourth-order valence-electron chi connectivity index (χ4n) is 3.46. The molecule has 0 aliphatic rings. The Balaban J connectivity index is 1.81. The Morgan fingerprint density at radius 1 is 1.10 bits per heavy atom. The molecule has 0 radical (unpaired) electrons. The Morgan fingerprint density at radius 3 is 2.50 bits per heavy atom. The van der Waals surface area contributed by atoms with Gasteiger partial charge in [0, 0.05) is 19.4 Å². The zero-order valence-corrected chi connectivity index (χ0v) is 18.1. The average Bonchev–Trinajstić information content (AvgIpc) is 3.12. The molecule has 0 spiro atoms. The third-order valence-electron chi connectivity index (χ3n) is 5.25. The first-order chi connectivity index (χ1) is 14.5. The summed E-state index contributed by atoms with van der Waals surface area (Å²) in [7, 11) is 0. The van der Waals surface area contributed by atoms with Crippen molar-refractivity contribution in [2.45, 2.75) is 59.4 Å². The fourth-order valence-corrected chi connectivity index (χ4v) is 3.46. The summed E-state index contributed by atoms with van der Waals surface area (Å²) in [5.41, 5.74) is 3.10. The van der Waals surface area contributed by atoms with Crippen LogP contribution in [-0.2, 0) is 19.4 Å². The monoisotopic (exact) mass is 405 g/mol. The van der Waals surface area contributed by atoms with E-state index in [0.29, 0.717) is 11.5 Å². The van der Waals surface area contributed by atoms with E-state index < -0.39 is 5.97 Å². The molecule has 0 saturated heterocycles. The Kier molecular flexibility index (Phi) is 7.39. The second kappa shape index (κ2) is 10.2. The van der Waals surface area contributed by atoms with Crippen LogP contribution in [0.5, 0.6) is 0 Å². The maximum Gasteiger partial charge on any atom is 0.336 e. The van der Waals surface area contributed by atoms with Gasteiger partial charge in [0.1, 0.15) is 5.82 Å². The number of benzene rings is 2. The Morgan fingerprint density at radius 2 is 1.83 bits per heavy atom. The Labute approximate surface area is 178 Å². The number of nitrogens with zero attached hydrogens (tertiary/aromatic N) is 3. The predicted octanol–water partition coefficient (Wildman–Crippen LogP) is 5.62. The SMILES string of the molecule is CCCCc1nc(Cc2ccc(-c3ccccc3C(=O)O)cc2)n(CCC(C)C)n1. The van der Waals surface area contributed by atoms with Crippen LogP contribution in [0.25, 0.3) is 11.1 Å². The van der Waals surface area contributed by atoms with Crippen molar-refractivity contribution < 1.29 is 9.90 Å². The van der Waals surface area contributed by atoms with Gasteiger partial charge in [-0.3, -0.25) is 0 Å². The molecule has 1 N–H and O–H groups in total. The van der Waals surface area contributed by atoms with Gasteiger partial charge in [0.25, 0.3) is 0 Å². The topological polar surface area (TPSA) is 68.0 Å². The molecule has 3 aromatic rings. The number of aromatic carboxylic acids is 1. The summed E-state index contributed by atoms with van der Waals surface area (Å²) >= 11 is 0. The van der Waals surface area contributed by atoms with Gasteiger partial charge in [-0.2, -0.15) is 5.10 Å². The summed E-state index contributed by atoms with van der Waals surface area (Å²) in [4.78, 5) is 16.3. The van der Waals surface area contributed by atoms with E-state index in [9.17, 15) is 9.90 Å². The standard InChI is InChI=1S/C25H31N3O2/c1-4-5-10-23-26-24(28(27-23)16-15-18(2)3)17-19-11-13-20(14-12-19)21-8-6-7-9-22(21)25(29)30/h6-9,11-14,18H,4-5,10,15-17H2,1-3H3,(H,29,30). The van der Waals surface area contributed by atoms with Gasteiger partial charge in [-0.25, -0.2) is 14.5 Å². The van der Waals surface area contributed by atoms with Crippen LogP contribution < -0.4 is 0 Å². The molecule has 0 bridgehead atoms. The highest BCUT2D eigenvalue weighted by Crippen LogP contribution is 2.24. The number of aromatic nitrogens is 3. The number of rotatable bonds is 10. The molecule has 158 valence electrons. The lowest BCUT2D eigenvalue weighted by molar-refractivity contribution is 0.0697. The van der Waals surface area contributed by atoms with E-state index in [1.165, 1.54) is 0 Å². The number of carbonyl (C=O) groups is 1. The molecule has 0 aliphatic heterocycles. The largest absolute Gasteiger partial charge is 0.478 e. The lowest BCUT2D eigenvalue weighted by atomic mass is 9.98. The van der Waals surface area contributed by atoms with Crippen LogP contribution in [0.4, 0.5) is 0 Å². The van der Waals surface area contributed by atoms with Crippen molar-refractivity contribution in [1.29, 1.82) is 0 Å². The number of hydrogen-bond donors (Lipinski definition) is 1. The fraction of sp³-hybridized carbons (Fsp3) is 0.400. The molecular formula is C25H31N3O2. The van der Waals surface area contributed by atoms with Crippen LogP contribution in [0.2, 0.25) is 0 Å². The molecule has 3 rings (SSSR count). The van der Waals surface area contributed by atoms with E-state index in [4.69, 9.17) is 10.1 Å². The van der Waals surface area contributed by atoms with Gasteiger partial charge < -0.3 is 5.11 Å². The minimum absolute atomic E-state index is 0.319.